The van der Waals surface area contributed by atoms with Gasteiger partial charge in [-0.2, -0.15) is 0 Å². The van der Waals surface area contributed by atoms with Gasteiger partial charge in [0.05, 0.1) is 10.7 Å². The summed E-state index contributed by atoms with van der Waals surface area (Å²) in [7, 11) is 0. The Kier molecular flexibility index (Phi) is 7.50. The quantitative estimate of drug-likeness (QED) is 0.538. The molecular weight excluding hydrogens is 226 g/mol. The number of hydrogen-bond acceptors (Lipinski definition) is 2. The highest BCUT2D eigenvalue weighted by Crippen LogP contribution is 2.21. The molecule has 1 unspecified atom stereocenters. The lowest BCUT2D eigenvalue weighted by atomic mass is 9.92. The molecule has 1 heterocycles. The lowest BCUT2D eigenvalue weighted by Gasteiger charge is -2.14. The second-order valence-corrected chi connectivity index (χ2v) is 6.13. The summed E-state index contributed by atoms with van der Waals surface area (Å²) in [5, 5.41) is 3.45. The van der Waals surface area contributed by atoms with Gasteiger partial charge in [-0.25, -0.2) is 4.98 Å². The maximum Gasteiger partial charge on any atom is 0.0897 e. The highest BCUT2D eigenvalue weighted by Gasteiger charge is 2.10. The van der Waals surface area contributed by atoms with Gasteiger partial charge in [-0.05, 0) is 19.3 Å². The van der Waals surface area contributed by atoms with Crippen molar-refractivity contribution in [1.29, 1.82) is 0 Å². The van der Waals surface area contributed by atoms with Gasteiger partial charge in [0.1, 0.15) is 0 Å². The molecule has 0 radical (unpaired) electrons. The Bertz CT molecular complexity index is 293. The molecule has 0 saturated heterocycles. The minimum Gasteiger partial charge on any atom is -0.247 e. The normalized spacial score (nSPS) is 12.9. The molecule has 0 aliphatic heterocycles. The largest absolute Gasteiger partial charge is 0.247 e. The molecule has 0 spiro atoms. The third-order valence-electron chi connectivity index (χ3n) is 3.33. The van der Waals surface area contributed by atoms with Crippen molar-refractivity contribution < 1.29 is 0 Å². The van der Waals surface area contributed by atoms with E-state index in [1.807, 2.05) is 0 Å². The topological polar surface area (TPSA) is 12.9 Å². The van der Waals surface area contributed by atoms with Gasteiger partial charge in [-0.1, -0.05) is 58.8 Å². The number of aromatic nitrogens is 1. The first kappa shape index (κ1) is 14.7. The van der Waals surface area contributed by atoms with Gasteiger partial charge >= 0.3 is 0 Å². The van der Waals surface area contributed by atoms with Crippen LogP contribution >= 0.6 is 11.3 Å². The fraction of sp³-hybridized carbons (Fsp3) is 0.800. The van der Waals surface area contributed by atoms with Crippen LogP contribution in [0.1, 0.15) is 69.5 Å². The predicted molar refractivity (Wildman–Crippen MR) is 77.7 cm³/mol. The van der Waals surface area contributed by atoms with Crippen molar-refractivity contribution in [2.24, 2.45) is 5.92 Å². The first-order chi connectivity index (χ1) is 8.26. The van der Waals surface area contributed by atoms with Crippen molar-refractivity contribution in [3.63, 3.8) is 0 Å². The molecule has 0 aromatic carbocycles. The summed E-state index contributed by atoms with van der Waals surface area (Å²) in [6.07, 6.45) is 10.8. The second-order valence-electron chi connectivity index (χ2n) is 5.07. The summed E-state index contributed by atoms with van der Waals surface area (Å²) in [6.45, 7) is 6.68. The standard InChI is InChI=1S/C15H27NS/c1-4-6-7-8-10-14(9-5-2)11-15-12-17-13(3)16-15/h12,14H,4-11H2,1-3H3. The molecule has 1 aromatic heterocycles. The molecule has 0 fully saturated rings. The van der Waals surface area contributed by atoms with Gasteiger partial charge in [0.25, 0.3) is 0 Å². The van der Waals surface area contributed by atoms with Crippen LogP contribution in [-0.2, 0) is 6.42 Å². The predicted octanol–water partition coefficient (Wildman–Crippen LogP) is 5.38. The van der Waals surface area contributed by atoms with Crippen LogP contribution in [0.15, 0.2) is 5.38 Å². The third-order valence-corrected chi connectivity index (χ3v) is 4.15. The summed E-state index contributed by atoms with van der Waals surface area (Å²) >= 11 is 1.79. The second kappa shape index (κ2) is 8.68. The van der Waals surface area contributed by atoms with E-state index in [1.165, 1.54) is 62.1 Å². The number of rotatable bonds is 9. The van der Waals surface area contributed by atoms with Gasteiger partial charge < -0.3 is 0 Å². The highest BCUT2D eigenvalue weighted by atomic mass is 32.1. The summed E-state index contributed by atoms with van der Waals surface area (Å²) in [5.41, 5.74) is 1.32. The maximum atomic E-state index is 4.60. The average Bonchev–Trinajstić information content (AvgIpc) is 2.70. The van der Waals surface area contributed by atoms with Crippen LogP contribution in [0.5, 0.6) is 0 Å². The van der Waals surface area contributed by atoms with Crippen LogP contribution in [0.4, 0.5) is 0 Å². The van der Waals surface area contributed by atoms with E-state index in [4.69, 9.17) is 0 Å². The molecule has 0 aliphatic carbocycles. The highest BCUT2D eigenvalue weighted by molar-refractivity contribution is 7.09. The summed E-state index contributed by atoms with van der Waals surface area (Å²) in [6, 6.07) is 0. The third kappa shape index (κ3) is 6.21. The molecule has 1 nitrogen and oxygen atoms in total. The zero-order valence-electron chi connectivity index (χ0n) is 11.7. The van der Waals surface area contributed by atoms with Crippen molar-refractivity contribution in [3.8, 4) is 0 Å². The molecule has 0 aliphatic rings. The fourth-order valence-electron chi connectivity index (χ4n) is 2.41. The maximum absolute atomic E-state index is 4.60. The Morgan fingerprint density at radius 2 is 1.94 bits per heavy atom. The monoisotopic (exact) mass is 253 g/mol. The summed E-state index contributed by atoms with van der Waals surface area (Å²) in [5.74, 6) is 0.860. The van der Waals surface area contributed by atoms with Gasteiger partial charge in [-0.15, -0.1) is 11.3 Å². The molecule has 0 bridgehead atoms. The van der Waals surface area contributed by atoms with E-state index in [-0.39, 0.29) is 0 Å². The zero-order valence-corrected chi connectivity index (χ0v) is 12.5. The lowest BCUT2D eigenvalue weighted by molar-refractivity contribution is 0.416. The van der Waals surface area contributed by atoms with E-state index in [2.05, 4.69) is 31.1 Å². The van der Waals surface area contributed by atoms with Crippen molar-refractivity contribution in [1.82, 2.24) is 4.98 Å². The summed E-state index contributed by atoms with van der Waals surface area (Å²) < 4.78 is 0. The number of nitrogens with zero attached hydrogens (tertiary/aromatic N) is 1. The van der Waals surface area contributed by atoms with Gasteiger partial charge in [0, 0.05) is 5.38 Å². The Labute approximate surface area is 111 Å². The average molecular weight is 253 g/mol. The molecule has 1 rings (SSSR count). The zero-order chi connectivity index (χ0) is 12.5. The first-order valence-electron chi connectivity index (χ1n) is 7.17. The van der Waals surface area contributed by atoms with E-state index in [0.29, 0.717) is 0 Å². The molecule has 98 valence electrons. The molecule has 1 atom stereocenters. The smallest absolute Gasteiger partial charge is 0.0897 e. The number of unbranched alkanes of at least 4 members (excludes halogenated alkanes) is 3. The van der Waals surface area contributed by atoms with E-state index in [0.717, 1.165) is 5.92 Å². The first-order valence-corrected chi connectivity index (χ1v) is 8.05. The Hall–Kier alpha value is -0.370. The fourth-order valence-corrected chi connectivity index (χ4v) is 3.04. The van der Waals surface area contributed by atoms with E-state index in [9.17, 15) is 0 Å². The van der Waals surface area contributed by atoms with E-state index in [1.54, 1.807) is 11.3 Å². The molecule has 2 heteroatoms. The lowest BCUT2D eigenvalue weighted by Crippen LogP contribution is -2.05. The molecule has 0 N–H and O–H groups in total. The van der Waals surface area contributed by atoms with Crippen molar-refractivity contribution >= 4 is 11.3 Å². The van der Waals surface area contributed by atoms with Gasteiger partial charge in [0.15, 0.2) is 0 Å². The van der Waals surface area contributed by atoms with Gasteiger partial charge in [-0.3, -0.25) is 0 Å². The van der Waals surface area contributed by atoms with Crippen LogP contribution in [0.3, 0.4) is 0 Å². The SMILES string of the molecule is CCCCCCC(CCC)Cc1csc(C)n1. The molecule has 0 amide bonds. The molecule has 17 heavy (non-hydrogen) atoms. The van der Waals surface area contributed by atoms with Crippen LogP contribution in [0.2, 0.25) is 0 Å². The minimum absolute atomic E-state index is 0.860. The molecule has 1 aromatic rings. The van der Waals surface area contributed by atoms with Crippen molar-refractivity contribution in [2.75, 3.05) is 0 Å². The van der Waals surface area contributed by atoms with Crippen molar-refractivity contribution in [2.45, 2.75) is 72.1 Å². The van der Waals surface area contributed by atoms with Crippen LogP contribution in [0.25, 0.3) is 0 Å². The Morgan fingerprint density at radius 1 is 1.12 bits per heavy atom. The van der Waals surface area contributed by atoms with Crippen LogP contribution < -0.4 is 0 Å². The summed E-state index contributed by atoms with van der Waals surface area (Å²) in [4.78, 5) is 4.60. The molecular formula is C15H27NS. The Morgan fingerprint density at radius 3 is 2.53 bits per heavy atom. The Balaban J connectivity index is 2.32. The molecule has 0 saturated carbocycles. The number of thiazole rings is 1. The van der Waals surface area contributed by atoms with Crippen molar-refractivity contribution in [3.05, 3.63) is 16.1 Å². The van der Waals surface area contributed by atoms with Crippen LogP contribution in [-0.4, -0.2) is 4.98 Å². The number of aryl methyl sites for hydroxylation is 1. The number of hydrogen-bond donors (Lipinski definition) is 0. The van der Waals surface area contributed by atoms with Gasteiger partial charge in [0.2, 0.25) is 0 Å². The van der Waals surface area contributed by atoms with Crippen LogP contribution in [0, 0.1) is 12.8 Å². The minimum atomic E-state index is 0.860. The van der Waals surface area contributed by atoms with E-state index >= 15 is 0 Å². The van der Waals surface area contributed by atoms with E-state index < -0.39 is 0 Å².